The minimum Gasteiger partial charge on any atom is -0.495 e. The Morgan fingerprint density at radius 2 is 1.56 bits per heavy atom. The van der Waals surface area contributed by atoms with Gasteiger partial charge in [-0.3, -0.25) is 39.0 Å². The van der Waals surface area contributed by atoms with Gasteiger partial charge >= 0.3 is 5.92 Å². The third kappa shape index (κ3) is 9.70. The number of anilines is 5. The van der Waals surface area contributed by atoms with Crippen LogP contribution in [0.4, 0.5) is 37.6 Å². The zero-order chi connectivity index (χ0) is 45.1. The van der Waals surface area contributed by atoms with Crippen LogP contribution in [-0.4, -0.2) is 146 Å². The Morgan fingerprint density at radius 3 is 2.25 bits per heavy atom. The molecule has 340 valence electrons. The number of methoxy groups -OCH3 is 1. The van der Waals surface area contributed by atoms with E-state index in [0.29, 0.717) is 81.2 Å². The minimum absolute atomic E-state index is 0.0422. The standard InChI is InChI=1S/C44H53F2N11O7/c1-53-34-24-47-43(52-38(34)57(31-5-3-4-6-31)26-44(45,46)42(53)63)50-32-12-9-28(23-35(32)64-2)40(61)48-29-15-17-56(18-16-29)37(59)25-54-19-21-55(22-20-54)30-10-7-27(8-11-30)39(60)49-33-13-14-36(58)51-41(33)62/h7-12,23-24,29,31,33H,3-6,13-22,25-26H2,1-2H3,(H,48,61)(H,49,60)(H,47,50,52)(H,51,58,62). The largest absolute Gasteiger partial charge is 0.495 e. The van der Waals surface area contributed by atoms with Crippen molar-refractivity contribution in [1.29, 1.82) is 0 Å². The number of benzene rings is 2. The lowest BCUT2D eigenvalue weighted by Crippen LogP contribution is -2.52. The van der Waals surface area contributed by atoms with Crippen molar-refractivity contribution in [3.05, 3.63) is 59.8 Å². The molecule has 4 fully saturated rings. The van der Waals surface area contributed by atoms with E-state index < -0.39 is 30.3 Å². The molecule has 0 radical (unpaired) electrons. The Kier molecular flexibility index (Phi) is 12.9. The molecule has 1 aliphatic carbocycles. The average molecular weight is 886 g/mol. The van der Waals surface area contributed by atoms with E-state index in [2.05, 4.69) is 41.0 Å². The summed E-state index contributed by atoms with van der Waals surface area (Å²) in [4.78, 5) is 93.2. The highest BCUT2D eigenvalue weighted by atomic mass is 19.3. The maximum absolute atomic E-state index is 15.0. The van der Waals surface area contributed by atoms with Gasteiger partial charge in [0.05, 0.1) is 32.1 Å². The molecule has 1 unspecified atom stereocenters. The molecule has 5 heterocycles. The molecular weight excluding hydrogens is 833 g/mol. The number of ether oxygens (including phenoxy) is 1. The number of likely N-dealkylation sites (tertiary alicyclic amines) is 1. The fraction of sp³-hybridized carbons (Fsp3) is 0.500. The molecule has 5 aliphatic rings. The summed E-state index contributed by atoms with van der Waals surface area (Å²) in [7, 11) is 2.77. The summed E-state index contributed by atoms with van der Waals surface area (Å²) in [5.41, 5.74) is 2.38. The summed E-state index contributed by atoms with van der Waals surface area (Å²) in [5.74, 6) is -5.66. The van der Waals surface area contributed by atoms with Crippen molar-refractivity contribution < 1.29 is 42.3 Å². The number of imide groups is 1. The molecule has 1 atom stereocenters. The van der Waals surface area contributed by atoms with E-state index in [1.165, 1.54) is 25.3 Å². The number of piperidine rings is 2. The summed E-state index contributed by atoms with van der Waals surface area (Å²) in [6, 6.07) is 11.0. The first kappa shape index (κ1) is 44.2. The van der Waals surface area contributed by atoms with Crippen LogP contribution in [0.2, 0.25) is 0 Å². The fourth-order valence-corrected chi connectivity index (χ4v) is 9.05. The first-order valence-corrected chi connectivity index (χ1v) is 21.8. The van der Waals surface area contributed by atoms with E-state index in [0.717, 1.165) is 36.3 Å². The molecule has 0 bridgehead atoms. The third-order valence-electron chi connectivity index (χ3n) is 12.8. The zero-order valence-electron chi connectivity index (χ0n) is 35.9. The molecule has 3 saturated heterocycles. The molecule has 2 aromatic carbocycles. The molecule has 1 saturated carbocycles. The number of amides is 6. The highest BCUT2D eigenvalue weighted by Gasteiger charge is 2.49. The molecule has 64 heavy (non-hydrogen) atoms. The predicted octanol–water partition coefficient (Wildman–Crippen LogP) is 2.67. The SMILES string of the molecule is COc1cc(C(=O)NC2CCN(C(=O)CN3CCN(c4ccc(C(=O)NC5CCC(=O)NC5=O)cc4)CC3)CC2)ccc1Nc1ncc2c(n1)N(C1CCCC1)CC(F)(F)C(=O)N2C. The van der Waals surface area contributed by atoms with Crippen LogP contribution < -0.4 is 40.7 Å². The van der Waals surface area contributed by atoms with Crippen molar-refractivity contribution in [2.24, 2.45) is 0 Å². The average Bonchev–Trinajstić information content (AvgIpc) is 3.82. The number of piperazine rings is 1. The van der Waals surface area contributed by atoms with Crippen LogP contribution in [0.3, 0.4) is 0 Å². The summed E-state index contributed by atoms with van der Waals surface area (Å²) in [6.45, 7) is 3.34. The summed E-state index contributed by atoms with van der Waals surface area (Å²) in [6.07, 6.45) is 6.27. The normalized spacial score (nSPS) is 20.9. The smallest absolute Gasteiger partial charge is 0.342 e. The minimum atomic E-state index is -3.59. The van der Waals surface area contributed by atoms with Gasteiger partial charge in [0, 0.05) is 81.6 Å². The Morgan fingerprint density at radius 1 is 0.875 bits per heavy atom. The van der Waals surface area contributed by atoms with Gasteiger partial charge in [0.2, 0.25) is 23.7 Å². The maximum atomic E-state index is 15.0. The van der Waals surface area contributed by atoms with Gasteiger partial charge < -0.3 is 40.3 Å². The monoisotopic (exact) mass is 885 g/mol. The van der Waals surface area contributed by atoms with Gasteiger partial charge in [-0.1, -0.05) is 12.8 Å². The van der Waals surface area contributed by atoms with Crippen LogP contribution in [0, 0.1) is 0 Å². The molecule has 4 N–H and O–H groups in total. The van der Waals surface area contributed by atoms with Gasteiger partial charge in [0.25, 0.3) is 17.7 Å². The Labute approximate surface area is 369 Å². The zero-order valence-corrected chi connectivity index (χ0v) is 35.9. The Hall–Kier alpha value is -6.44. The number of carbonyl (C=O) groups excluding carboxylic acids is 6. The highest BCUT2D eigenvalue weighted by Crippen LogP contribution is 2.40. The molecule has 4 aliphatic heterocycles. The van der Waals surface area contributed by atoms with Gasteiger partial charge in [-0.2, -0.15) is 13.8 Å². The third-order valence-corrected chi connectivity index (χ3v) is 12.8. The number of fused-ring (bicyclic) bond motifs is 1. The molecule has 6 amide bonds. The number of hydrogen-bond acceptors (Lipinski definition) is 13. The molecule has 0 spiro atoms. The number of halogens is 2. The number of alkyl halides is 2. The number of aromatic nitrogens is 2. The van der Waals surface area contributed by atoms with Crippen molar-refractivity contribution in [3.8, 4) is 5.75 Å². The van der Waals surface area contributed by atoms with Crippen LogP contribution in [-0.2, 0) is 19.2 Å². The second kappa shape index (κ2) is 18.7. The predicted molar refractivity (Wildman–Crippen MR) is 232 cm³/mol. The second-order valence-electron chi connectivity index (χ2n) is 17.0. The second-order valence-corrected chi connectivity index (χ2v) is 17.0. The number of nitrogens with zero attached hydrogens (tertiary/aromatic N) is 7. The molecule has 1 aromatic heterocycles. The van der Waals surface area contributed by atoms with Crippen LogP contribution in [0.1, 0.15) is 72.1 Å². The van der Waals surface area contributed by atoms with Crippen molar-refractivity contribution in [2.45, 2.75) is 75.4 Å². The van der Waals surface area contributed by atoms with Crippen molar-refractivity contribution >= 4 is 64.3 Å². The number of carbonyl (C=O) groups is 6. The van der Waals surface area contributed by atoms with Gasteiger partial charge in [-0.25, -0.2) is 4.98 Å². The number of nitrogens with one attached hydrogen (secondary N) is 4. The van der Waals surface area contributed by atoms with Gasteiger partial charge in [0.15, 0.2) is 5.82 Å². The molecule has 8 rings (SSSR count). The van der Waals surface area contributed by atoms with Crippen LogP contribution in [0.25, 0.3) is 0 Å². The summed E-state index contributed by atoms with van der Waals surface area (Å²) < 4.78 is 35.7. The van der Waals surface area contributed by atoms with Gasteiger partial charge in [0.1, 0.15) is 17.5 Å². The van der Waals surface area contributed by atoms with Gasteiger partial charge in [-0.05, 0) is 74.6 Å². The van der Waals surface area contributed by atoms with E-state index in [1.54, 1.807) is 30.3 Å². The van der Waals surface area contributed by atoms with Crippen molar-refractivity contribution in [2.75, 3.05) is 86.5 Å². The van der Waals surface area contributed by atoms with E-state index in [9.17, 15) is 28.8 Å². The lowest BCUT2D eigenvalue weighted by Gasteiger charge is -2.38. The first-order valence-electron chi connectivity index (χ1n) is 21.8. The fourth-order valence-electron chi connectivity index (χ4n) is 9.05. The summed E-state index contributed by atoms with van der Waals surface area (Å²) >= 11 is 0. The molecule has 20 heteroatoms. The van der Waals surface area contributed by atoms with E-state index in [4.69, 9.17) is 4.74 Å². The quantitative estimate of drug-likeness (QED) is 0.205. The van der Waals surface area contributed by atoms with E-state index >= 15 is 8.78 Å². The lowest BCUT2D eigenvalue weighted by atomic mass is 10.0. The highest BCUT2D eigenvalue weighted by molar-refractivity contribution is 6.04. The van der Waals surface area contributed by atoms with E-state index in [-0.39, 0.29) is 66.0 Å². The Bertz CT molecular complexity index is 2280. The molecule has 18 nitrogen and oxygen atoms in total. The molecule has 3 aromatic rings. The molecular formula is C44H53F2N11O7. The van der Waals surface area contributed by atoms with Crippen molar-refractivity contribution in [1.82, 2.24) is 35.7 Å². The van der Waals surface area contributed by atoms with Gasteiger partial charge in [-0.15, -0.1) is 0 Å². The van der Waals surface area contributed by atoms with Crippen LogP contribution >= 0.6 is 0 Å². The summed E-state index contributed by atoms with van der Waals surface area (Å²) in [5, 5.41) is 11.1. The topological polar surface area (TPSA) is 202 Å². The number of rotatable bonds is 11. The Balaban J connectivity index is 0.794. The van der Waals surface area contributed by atoms with Crippen LogP contribution in [0.5, 0.6) is 5.75 Å². The first-order chi connectivity index (χ1) is 30.8. The maximum Gasteiger partial charge on any atom is 0.342 e. The van der Waals surface area contributed by atoms with Crippen molar-refractivity contribution in [3.63, 3.8) is 0 Å². The van der Waals surface area contributed by atoms with E-state index in [1.807, 2.05) is 17.0 Å². The van der Waals surface area contributed by atoms with Crippen LogP contribution in [0.15, 0.2) is 48.7 Å². The number of hydrogen-bond donors (Lipinski definition) is 4. The lowest BCUT2D eigenvalue weighted by molar-refractivity contribution is -0.140.